The number of aryl methyl sites for hydroxylation is 1. The van der Waals surface area contributed by atoms with Crippen LogP contribution in [-0.4, -0.2) is 53.9 Å². The monoisotopic (exact) mass is 414 g/mol. The van der Waals surface area contributed by atoms with Gasteiger partial charge in [-0.15, -0.1) is 0 Å². The van der Waals surface area contributed by atoms with Crippen LogP contribution in [-0.2, 0) is 9.59 Å². The van der Waals surface area contributed by atoms with Crippen molar-refractivity contribution in [2.45, 2.75) is 72.3 Å². The van der Waals surface area contributed by atoms with Gasteiger partial charge in [0.1, 0.15) is 5.75 Å². The lowest BCUT2D eigenvalue weighted by atomic mass is 9.92. The second-order valence-electron chi connectivity index (χ2n) is 9.59. The molecule has 2 aliphatic heterocycles. The topological polar surface area (TPSA) is 49.9 Å². The first-order valence-electron chi connectivity index (χ1n) is 11.6. The summed E-state index contributed by atoms with van der Waals surface area (Å²) >= 11 is 0. The summed E-state index contributed by atoms with van der Waals surface area (Å²) in [5.41, 5.74) is 2.25. The Morgan fingerprint density at radius 3 is 2.37 bits per heavy atom. The zero-order valence-corrected chi connectivity index (χ0v) is 19.3. The van der Waals surface area contributed by atoms with E-state index in [9.17, 15) is 9.59 Å². The van der Waals surface area contributed by atoms with Gasteiger partial charge in [0, 0.05) is 32.1 Å². The number of benzene rings is 1. The number of likely N-dealkylation sites (tertiary alicyclic amines) is 2. The molecule has 0 aliphatic carbocycles. The molecule has 2 aliphatic rings. The molecule has 0 saturated carbocycles. The highest BCUT2D eigenvalue weighted by Crippen LogP contribution is 2.29. The molecule has 0 radical (unpaired) electrons. The maximum absolute atomic E-state index is 13.0. The fraction of sp³-hybridized carbons (Fsp3) is 0.680. The first-order valence-corrected chi connectivity index (χ1v) is 11.6. The van der Waals surface area contributed by atoms with E-state index in [2.05, 4.69) is 32.9 Å². The predicted octanol–water partition coefficient (Wildman–Crippen LogP) is 4.38. The third-order valence-corrected chi connectivity index (χ3v) is 6.57. The van der Waals surface area contributed by atoms with Crippen molar-refractivity contribution in [3.63, 3.8) is 0 Å². The van der Waals surface area contributed by atoms with Crippen LogP contribution in [0.15, 0.2) is 18.2 Å². The van der Waals surface area contributed by atoms with Gasteiger partial charge in [0.05, 0.1) is 0 Å². The van der Waals surface area contributed by atoms with E-state index >= 15 is 0 Å². The van der Waals surface area contributed by atoms with Gasteiger partial charge in [0.25, 0.3) is 5.91 Å². The summed E-state index contributed by atoms with van der Waals surface area (Å²) in [6.45, 7) is 13.4. The second kappa shape index (κ2) is 9.84. The second-order valence-corrected chi connectivity index (χ2v) is 9.59. The highest BCUT2D eigenvalue weighted by molar-refractivity contribution is 5.82. The Hall–Kier alpha value is -2.04. The van der Waals surface area contributed by atoms with Crippen LogP contribution in [0.4, 0.5) is 0 Å². The van der Waals surface area contributed by atoms with Gasteiger partial charge in [-0.1, -0.05) is 32.9 Å². The van der Waals surface area contributed by atoms with Gasteiger partial charge in [0.15, 0.2) is 6.10 Å². The van der Waals surface area contributed by atoms with E-state index < -0.39 is 6.10 Å². The van der Waals surface area contributed by atoms with Gasteiger partial charge in [-0.2, -0.15) is 0 Å². The molecule has 2 saturated heterocycles. The maximum atomic E-state index is 13.0. The molecule has 0 bridgehead atoms. The zero-order valence-electron chi connectivity index (χ0n) is 19.3. The number of hydrogen-bond acceptors (Lipinski definition) is 3. The minimum atomic E-state index is -0.528. The van der Waals surface area contributed by atoms with Gasteiger partial charge in [-0.3, -0.25) is 9.59 Å². The SMILES string of the molecule is Cc1ccc(C(C)C)c(OC(C)C(=O)N2CCC(C(=O)N3CCCC(C)C3)CC2)c1. The minimum absolute atomic E-state index is 0.0173. The highest BCUT2D eigenvalue weighted by Gasteiger charge is 2.33. The van der Waals surface area contributed by atoms with E-state index in [1.54, 1.807) is 0 Å². The van der Waals surface area contributed by atoms with Gasteiger partial charge in [-0.25, -0.2) is 0 Å². The molecule has 1 aromatic rings. The fourth-order valence-corrected chi connectivity index (χ4v) is 4.71. The summed E-state index contributed by atoms with van der Waals surface area (Å²) in [6, 6.07) is 6.19. The van der Waals surface area contributed by atoms with Gasteiger partial charge in [0.2, 0.25) is 5.91 Å². The molecular formula is C25H38N2O3. The van der Waals surface area contributed by atoms with Crippen LogP contribution < -0.4 is 4.74 Å². The normalized spacial score (nSPS) is 21.6. The van der Waals surface area contributed by atoms with Gasteiger partial charge >= 0.3 is 0 Å². The number of piperidine rings is 2. The predicted molar refractivity (Wildman–Crippen MR) is 120 cm³/mol. The standard InChI is InChI=1S/C25H38N2O3/c1-17(2)22-9-8-18(3)15-23(22)30-20(5)24(28)26-13-10-21(11-14-26)25(29)27-12-6-7-19(4)16-27/h8-9,15,17,19-21H,6-7,10-14,16H2,1-5H3. The number of nitrogens with zero attached hydrogens (tertiary/aromatic N) is 2. The number of ether oxygens (including phenoxy) is 1. The van der Waals surface area contributed by atoms with Crippen molar-refractivity contribution in [3.05, 3.63) is 29.3 Å². The molecule has 0 aromatic heterocycles. The van der Waals surface area contributed by atoms with E-state index in [4.69, 9.17) is 4.74 Å². The van der Waals surface area contributed by atoms with Crippen molar-refractivity contribution in [2.24, 2.45) is 11.8 Å². The molecule has 3 rings (SSSR count). The van der Waals surface area contributed by atoms with Crippen molar-refractivity contribution in [3.8, 4) is 5.75 Å². The van der Waals surface area contributed by atoms with E-state index in [1.807, 2.05) is 29.7 Å². The minimum Gasteiger partial charge on any atom is -0.481 e. The van der Waals surface area contributed by atoms with Crippen LogP contribution in [0.2, 0.25) is 0 Å². The molecule has 166 valence electrons. The first-order chi connectivity index (χ1) is 14.3. The molecule has 1 aromatic carbocycles. The maximum Gasteiger partial charge on any atom is 0.263 e. The first kappa shape index (κ1) is 22.6. The molecule has 2 unspecified atom stereocenters. The summed E-state index contributed by atoms with van der Waals surface area (Å²) < 4.78 is 6.12. The Morgan fingerprint density at radius 2 is 1.73 bits per heavy atom. The zero-order chi connectivity index (χ0) is 21.8. The Bertz CT molecular complexity index is 753. The number of hydrogen-bond donors (Lipinski definition) is 0. The number of carbonyl (C=O) groups is 2. The summed E-state index contributed by atoms with van der Waals surface area (Å²) in [5, 5.41) is 0. The third-order valence-electron chi connectivity index (χ3n) is 6.57. The van der Waals surface area contributed by atoms with E-state index in [0.717, 1.165) is 49.2 Å². The van der Waals surface area contributed by atoms with Gasteiger partial charge < -0.3 is 14.5 Å². The Balaban J connectivity index is 1.55. The lowest BCUT2D eigenvalue weighted by Gasteiger charge is -2.37. The van der Waals surface area contributed by atoms with Crippen molar-refractivity contribution in [1.82, 2.24) is 9.80 Å². The summed E-state index contributed by atoms with van der Waals surface area (Å²) in [4.78, 5) is 29.8. The lowest BCUT2D eigenvalue weighted by Crippen LogP contribution is -2.49. The molecule has 30 heavy (non-hydrogen) atoms. The van der Waals surface area contributed by atoms with Crippen molar-refractivity contribution < 1.29 is 14.3 Å². The summed E-state index contributed by atoms with van der Waals surface area (Å²) in [6.07, 6.45) is 3.30. The average molecular weight is 415 g/mol. The third kappa shape index (κ3) is 5.35. The average Bonchev–Trinajstić information content (AvgIpc) is 2.72. The molecule has 0 N–H and O–H groups in total. The Kier molecular flexibility index (Phi) is 7.43. The number of amides is 2. The fourth-order valence-electron chi connectivity index (χ4n) is 4.71. The molecule has 2 atom stereocenters. The smallest absolute Gasteiger partial charge is 0.263 e. The molecule has 2 fully saturated rings. The Morgan fingerprint density at radius 1 is 1.03 bits per heavy atom. The molecule has 2 amide bonds. The van der Waals surface area contributed by atoms with Crippen LogP contribution in [0, 0.1) is 18.8 Å². The largest absolute Gasteiger partial charge is 0.481 e. The number of rotatable bonds is 5. The van der Waals surface area contributed by atoms with Crippen molar-refractivity contribution in [1.29, 1.82) is 0 Å². The summed E-state index contributed by atoms with van der Waals surface area (Å²) in [7, 11) is 0. The van der Waals surface area contributed by atoms with E-state index in [0.29, 0.717) is 30.8 Å². The van der Waals surface area contributed by atoms with Crippen molar-refractivity contribution in [2.75, 3.05) is 26.2 Å². The Labute approximate surface area is 181 Å². The molecular weight excluding hydrogens is 376 g/mol. The number of carbonyl (C=O) groups excluding carboxylic acids is 2. The van der Waals surface area contributed by atoms with Crippen LogP contribution >= 0.6 is 0 Å². The molecule has 2 heterocycles. The van der Waals surface area contributed by atoms with Crippen LogP contribution in [0.25, 0.3) is 0 Å². The highest BCUT2D eigenvalue weighted by atomic mass is 16.5. The van der Waals surface area contributed by atoms with Crippen molar-refractivity contribution >= 4 is 11.8 Å². The van der Waals surface area contributed by atoms with E-state index in [1.165, 1.54) is 6.42 Å². The molecule has 5 heteroatoms. The lowest BCUT2D eigenvalue weighted by molar-refractivity contribution is -0.144. The summed E-state index contributed by atoms with van der Waals surface area (Å²) in [5.74, 6) is 2.10. The van der Waals surface area contributed by atoms with E-state index in [-0.39, 0.29) is 11.8 Å². The van der Waals surface area contributed by atoms with Crippen LogP contribution in [0.5, 0.6) is 5.75 Å². The van der Waals surface area contributed by atoms with Crippen LogP contribution in [0.3, 0.4) is 0 Å². The molecule has 5 nitrogen and oxygen atoms in total. The molecule has 0 spiro atoms. The quantitative estimate of drug-likeness (QED) is 0.718. The van der Waals surface area contributed by atoms with Crippen LogP contribution in [0.1, 0.15) is 70.4 Å². The van der Waals surface area contributed by atoms with Gasteiger partial charge in [-0.05, 0) is 68.6 Å².